The summed E-state index contributed by atoms with van der Waals surface area (Å²) in [5.74, 6) is 0.908. The predicted octanol–water partition coefficient (Wildman–Crippen LogP) is 4.79. The first-order valence-corrected chi connectivity index (χ1v) is 12.7. The molecule has 2 amide bonds. The minimum absolute atomic E-state index is 0.0995. The van der Waals surface area contributed by atoms with E-state index in [2.05, 4.69) is 16.0 Å². The van der Waals surface area contributed by atoms with Crippen LogP contribution in [0.3, 0.4) is 0 Å². The first kappa shape index (κ1) is 25.0. The van der Waals surface area contributed by atoms with Crippen molar-refractivity contribution < 1.29 is 9.59 Å². The van der Waals surface area contributed by atoms with Gasteiger partial charge in [-0.2, -0.15) is 0 Å². The third-order valence-electron chi connectivity index (χ3n) is 7.55. The summed E-state index contributed by atoms with van der Waals surface area (Å²) in [5.41, 5.74) is 0.869. The average Bonchev–Trinajstić information content (AvgIpc) is 2.86. The second-order valence-electron chi connectivity index (χ2n) is 9.53. The van der Waals surface area contributed by atoms with E-state index in [1.165, 1.54) is 0 Å². The molecule has 1 aromatic carbocycles. The zero-order valence-electron chi connectivity index (χ0n) is 19.8. The number of benzene rings is 1. The molecular formula is C26H32Cl2N4O2. The standard InChI is InChI=1S/C26H32Cl2N4O2/c1-19(33)30(2)21-9-14-31(15-10-21)16-12-26(20-6-7-22(27)23(28)17-20)11-8-25(34)32(18-26)24-5-3-4-13-29-24/h3-7,13,17,21H,8-12,14-16,18H2,1-2H3/t26-/m1/s1. The maximum absolute atomic E-state index is 12.9. The van der Waals surface area contributed by atoms with Gasteiger partial charge in [0.2, 0.25) is 11.8 Å². The van der Waals surface area contributed by atoms with Crippen molar-refractivity contribution in [3.05, 3.63) is 58.2 Å². The van der Waals surface area contributed by atoms with E-state index in [1.54, 1.807) is 13.1 Å². The van der Waals surface area contributed by atoms with Crippen LogP contribution < -0.4 is 4.90 Å². The van der Waals surface area contributed by atoms with Crippen LogP contribution >= 0.6 is 23.2 Å². The first-order chi connectivity index (χ1) is 16.3. The van der Waals surface area contributed by atoms with Crippen molar-refractivity contribution in [3.63, 3.8) is 0 Å². The second-order valence-corrected chi connectivity index (χ2v) is 10.3. The van der Waals surface area contributed by atoms with Gasteiger partial charge >= 0.3 is 0 Å². The number of nitrogens with zero attached hydrogens (tertiary/aromatic N) is 4. The van der Waals surface area contributed by atoms with Crippen molar-refractivity contribution in [3.8, 4) is 0 Å². The number of anilines is 1. The molecule has 0 saturated carbocycles. The highest BCUT2D eigenvalue weighted by Crippen LogP contribution is 2.41. The van der Waals surface area contributed by atoms with Gasteiger partial charge in [-0.1, -0.05) is 35.3 Å². The Bertz CT molecular complexity index is 1030. The van der Waals surface area contributed by atoms with Crippen LogP contribution in [-0.2, 0) is 15.0 Å². The van der Waals surface area contributed by atoms with E-state index in [9.17, 15) is 9.59 Å². The molecule has 0 spiro atoms. The Morgan fingerprint density at radius 2 is 1.94 bits per heavy atom. The fourth-order valence-corrected chi connectivity index (χ4v) is 5.54. The fraction of sp³-hybridized carbons (Fsp3) is 0.500. The molecule has 1 aromatic heterocycles. The lowest BCUT2D eigenvalue weighted by Crippen LogP contribution is -2.51. The number of aromatic nitrogens is 1. The lowest BCUT2D eigenvalue weighted by atomic mass is 9.71. The largest absolute Gasteiger partial charge is 0.343 e. The van der Waals surface area contributed by atoms with Gasteiger partial charge in [0.25, 0.3) is 0 Å². The zero-order valence-corrected chi connectivity index (χ0v) is 21.4. The van der Waals surface area contributed by atoms with Crippen LogP contribution in [-0.4, -0.2) is 65.9 Å². The third kappa shape index (κ3) is 5.40. The van der Waals surface area contributed by atoms with Gasteiger partial charge in [-0.05, 0) is 62.1 Å². The number of piperidine rings is 2. The lowest BCUT2D eigenvalue weighted by molar-refractivity contribution is -0.130. The number of halogens is 2. The van der Waals surface area contributed by atoms with Crippen LogP contribution in [0, 0.1) is 0 Å². The summed E-state index contributed by atoms with van der Waals surface area (Å²) in [4.78, 5) is 35.2. The van der Waals surface area contributed by atoms with Gasteiger partial charge in [-0.3, -0.25) is 14.5 Å². The topological polar surface area (TPSA) is 56.8 Å². The zero-order chi connectivity index (χ0) is 24.3. The smallest absolute Gasteiger partial charge is 0.228 e. The molecule has 2 fully saturated rings. The molecule has 1 atom stereocenters. The molecule has 0 N–H and O–H groups in total. The molecule has 2 aliphatic rings. The van der Waals surface area contributed by atoms with Crippen molar-refractivity contribution in [1.82, 2.24) is 14.8 Å². The lowest BCUT2D eigenvalue weighted by Gasteiger charge is -2.44. The summed E-state index contributed by atoms with van der Waals surface area (Å²) in [5, 5.41) is 1.07. The van der Waals surface area contributed by atoms with Gasteiger partial charge in [-0.25, -0.2) is 4.98 Å². The van der Waals surface area contributed by atoms with Crippen molar-refractivity contribution in [1.29, 1.82) is 0 Å². The summed E-state index contributed by atoms with van der Waals surface area (Å²) in [7, 11) is 1.90. The van der Waals surface area contributed by atoms with Gasteiger partial charge in [-0.15, -0.1) is 0 Å². The minimum atomic E-state index is -0.243. The number of carbonyl (C=O) groups excluding carboxylic acids is 2. The number of amides is 2. The molecule has 4 rings (SSSR count). The van der Waals surface area contributed by atoms with Crippen LogP contribution in [0.25, 0.3) is 0 Å². The second kappa shape index (κ2) is 10.6. The summed E-state index contributed by atoms with van der Waals surface area (Å²) < 4.78 is 0. The Balaban J connectivity index is 1.54. The van der Waals surface area contributed by atoms with Gasteiger partial charge in [0.15, 0.2) is 0 Å². The summed E-state index contributed by atoms with van der Waals surface area (Å²) >= 11 is 12.7. The Morgan fingerprint density at radius 3 is 2.59 bits per heavy atom. The van der Waals surface area contributed by atoms with Crippen molar-refractivity contribution in [2.75, 3.05) is 38.1 Å². The van der Waals surface area contributed by atoms with E-state index in [1.807, 2.05) is 47.2 Å². The van der Waals surface area contributed by atoms with E-state index in [0.717, 1.165) is 50.9 Å². The van der Waals surface area contributed by atoms with E-state index in [4.69, 9.17) is 23.2 Å². The van der Waals surface area contributed by atoms with E-state index >= 15 is 0 Å². The van der Waals surface area contributed by atoms with E-state index in [0.29, 0.717) is 34.9 Å². The summed E-state index contributed by atoms with van der Waals surface area (Å²) in [6.07, 6.45) is 5.80. The van der Waals surface area contributed by atoms with Crippen LogP contribution in [0.4, 0.5) is 5.82 Å². The third-order valence-corrected chi connectivity index (χ3v) is 8.28. The molecule has 2 aromatic rings. The van der Waals surface area contributed by atoms with Crippen molar-refractivity contribution in [2.24, 2.45) is 0 Å². The molecule has 34 heavy (non-hydrogen) atoms. The van der Waals surface area contributed by atoms with Crippen LogP contribution in [0.1, 0.15) is 44.6 Å². The van der Waals surface area contributed by atoms with Gasteiger partial charge in [0.1, 0.15) is 5.82 Å². The highest BCUT2D eigenvalue weighted by Gasteiger charge is 2.41. The molecule has 2 aliphatic heterocycles. The normalized spacial score (nSPS) is 22.1. The molecule has 6 nitrogen and oxygen atoms in total. The van der Waals surface area contributed by atoms with Gasteiger partial charge < -0.3 is 9.80 Å². The minimum Gasteiger partial charge on any atom is -0.343 e. The quantitative estimate of drug-likeness (QED) is 0.569. The Kier molecular flexibility index (Phi) is 7.80. The first-order valence-electron chi connectivity index (χ1n) is 11.9. The van der Waals surface area contributed by atoms with Crippen molar-refractivity contribution >= 4 is 40.8 Å². The highest BCUT2D eigenvalue weighted by atomic mass is 35.5. The number of hydrogen-bond acceptors (Lipinski definition) is 4. The number of rotatable bonds is 6. The van der Waals surface area contributed by atoms with Crippen LogP contribution in [0.15, 0.2) is 42.6 Å². The van der Waals surface area contributed by atoms with Gasteiger partial charge in [0.05, 0.1) is 10.0 Å². The summed E-state index contributed by atoms with van der Waals surface area (Å²) in [6.45, 7) is 5.03. The number of likely N-dealkylation sites (tertiary alicyclic amines) is 1. The fourth-order valence-electron chi connectivity index (χ4n) is 5.24. The maximum Gasteiger partial charge on any atom is 0.228 e. The summed E-state index contributed by atoms with van der Waals surface area (Å²) in [6, 6.07) is 11.8. The Morgan fingerprint density at radius 1 is 1.18 bits per heavy atom. The number of hydrogen-bond donors (Lipinski definition) is 0. The van der Waals surface area contributed by atoms with E-state index < -0.39 is 0 Å². The molecule has 0 aliphatic carbocycles. The maximum atomic E-state index is 12.9. The van der Waals surface area contributed by atoms with Crippen molar-refractivity contribution in [2.45, 2.75) is 50.5 Å². The average molecular weight is 503 g/mol. The molecule has 0 bridgehead atoms. The molecule has 2 saturated heterocycles. The molecule has 182 valence electrons. The molecule has 3 heterocycles. The molecule has 8 heteroatoms. The molecular weight excluding hydrogens is 471 g/mol. The Hall–Kier alpha value is -2.15. The monoisotopic (exact) mass is 502 g/mol. The highest BCUT2D eigenvalue weighted by molar-refractivity contribution is 6.42. The number of carbonyl (C=O) groups is 2. The van der Waals surface area contributed by atoms with E-state index in [-0.39, 0.29) is 17.2 Å². The van der Waals surface area contributed by atoms with Gasteiger partial charge in [0, 0.05) is 57.7 Å². The SMILES string of the molecule is CC(=O)N(C)C1CCN(CC[C@]2(c3ccc(Cl)c(Cl)c3)CCC(=O)N(c3ccccn3)C2)CC1. The molecule has 0 unspecified atom stereocenters. The predicted molar refractivity (Wildman–Crippen MR) is 136 cm³/mol. The Labute approximate surface area is 211 Å². The van der Waals surface area contributed by atoms with Crippen LogP contribution in [0.5, 0.6) is 0 Å². The number of pyridine rings is 1. The molecule has 0 radical (unpaired) electrons. The van der Waals surface area contributed by atoms with Crippen LogP contribution in [0.2, 0.25) is 10.0 Å².